The molecule has 0 aromatic heterocycles. The van der Waals surface area contributed by atoms with Gasteiger partial charge in [0, 0.05) is 12.1 Å². The lowest BCUT2D eigenvalue weighted by Crippen LogP contribution is -2.54. The summed E-state index contributed by atoms with van der Waals surface area (Å²) in [6.45, 7) is 4.10. The summed E-state index contributed by atoms with van der Waals surface area (Å²) in [5.41, 5.74) is 1.63. The number of aliphatic carboxylic acids is 1. The van der Waals surface area contributed by atoms with Gasteiger partial charge in [0.2, 0.25) is 5.91 Å². The molecule has 0 aliphatic carbocycles. The van der Waals surface area contributed by atoms with Crippen LogP contribution in [0.3, 0.4) is 0 Å². The summed E-state index contributed by atoms with van der Waals surface area (Å²) >= 11 is 0. The maximum absolute atomic E-state index is 12.2. The summed E-state index contributed by atoms with van der Waals surface area (Å²) in [6, 6.07) is 7.71. The summed E-state index contributed by atoms with van der Waals surface area (Å²) in [5.74, 6) is -1.07. The van der Waals surface area contributed by atoms with Crippen molar-refractivity contribution < 1.29 is 14.7 Å². The van der Waals surface area contributed by atoms with E-state index < -0.39 is 11.5 Å². The fourth-order valence-electron chi connectivity index (χ4n) is 2.48. The summed E-state index contributed by atoms with van der Waals surface area (Å²) in [5, 5.41) is 14.8. The van der Waals surface area contributed by atoms with Crippen molar-refractivity contribution in [1.82, 2.24) is 10.6 Å². The van der Waals surface area contributed by atoms with Gasteiger partial charge in [0.05, 0.1) is 12.5 Å². The van der Waals surface area contributed by atoms with E-state index in [1.807, 2.05) is 24.3 Å². The number of carboxylic acids is 1. The number of hydrogen-bond acceptors (Lipinski definition) is 3. The van der Waals surface area contributed by atoms with E-state index in [1.165, 1.54) is 11.1 Å². The molecule has 1 amide bonds. The molecule has 1 aliphatic rings. The topological polar surface area (TPSA) is 78.4 Å². The van der Waals surface area contributed by atoms with Gasteiger partial charge in [-0.05, 0) is 31.4 Å². The molecule has 0 bridgehead atoms. The standard InChI is InChI=1S/C15H20N2O3/c1-15(2,8-13(18)19)17-14(20)12-7-10-5-3-4-6-11(10)9-16-12/h3-6,12,16H,7-9H2,1-2H3,(H,17,20)(H,18,19)/t12-/m0/s1. The Morgan fingerprint density at radius 2 is 2.00 bits per heavy atom. The Bertz CT molecular complexity index is 526. The third kappa shape index (κ3) is 3.57. The predicted molar refractivity (Wildman–Crippen MR) is 75.2 cm³/mol. The molecule has 0 unspecified atom stereocenters. The number of carbonyl (C=O) groups excluding carboxylic acids is 1. The van der Waals surface area contributed by atoms with E-state index in [2.05, 4.69) is 10.6 Å². The van der Waals surface area contributed by atoms with E-state index in [1.54, 1.807) is 13.8 Å². The van der Waals surface area contributed by atoms with Crippen LogP contribution in [0.5, 0.6) is 0 Å². The average molecular weight is 276 g/mol. The summed E-state index contributed by atoms with van der Waals surface area (Å²) in [6.07, 6.45) is 0.535. The van der Waals surface area contributed by atoms with Gasteiger partial charge in [0.15, 0.2) is 0 Å². The Morgan fingerprint density at radius 1 is 1.35 bits per heavy atom. The van der Waals surface area contributed by atoms with Gasteiger partial charge in [-0.15, -0.1) is 0 Å². The van der Waals surface area contributed by atoms with E-state index >= 15 is 0 Å². The van der Waals surface area contributed by atoms with Crippen LogP contribution in [0.1, 0.15) is 31.4 Å². The molecule has 1 aromatic carbocycles. The number of nitrogens with one attached hydrogen (secondary N) is 2. The van der Waals surface area contributed by atoms with Crippen LogP contribution >= 0.6 is 0 Å². The summed E-state index contributed by atoms with van der Waals surface area (Å²) < 4.78 is 0. The minimum absolute atomic E-state index is 0.0952. The molecule has 1 atom stereocenters. The molecule has 1 heterocycles. The first-order valence-corrected chi connectivity index (χ1v) is 6.71. The van der Waals surface area contributed by atoms with Gasteiger partial charge in [-0.1, -0.05) is 24.3 Å². The second kappa shape index (κ2) is 5.63. The highest BCUT2D eigenvalue weighted by Gasteiger charge is 2.29. The normalized spacial score (nSPS) is 18.2. The predicted octanol–water partition coefficient (Wildman–Crippen LogP) is 1.07. The molecule has 5 heteroatoms. The van der Waals surface area contributed by atoms with Gasteiger partial charge < -0.3 is 15.7 Å². The van der Waals surface area contributed by atoms with Crippen LogP contribution in [0.15, 0.2) is 24.3 Å². The maximum atomic E-state index is 12.2. The third-order valence-corrected chi connectivity index (χ3v) is 3.45. The molecule has 1 aromatic rings. The van der Waals surface area contributed by atoms with Crippen molar-refractivity contribution >= 4 is 11.9 Å². The highest BCUT2D eigenvalue weighted by molar-refractivity contribution is 5.83. The highest BCUT2D eigenvalue weighted by atomic mass is 16.4. The van der Waals surface area contributed by atoms with Crippen LogP contribution < -0.4 is 10.6 Å². The number of fused-ring (bicyclic) bond motifs is 1. The first-order chi connectivity index (χ1) is 9.37. The van der Waals surface area contributed by atoms with Gasteiger partial charge in [-0.2, -0.15) is 0 Å². The number of carbonyl (C=O) groups is 2. The molecule has 20 heavy (non-hydrogen) atoms. The minimum atomic E-state index is -0.919. The number of benzene rings is 1. The van der Waals surface area contributed by atoms with Crippen molar-refractivity contribution in [3.63, 3.8) is 0 Å². The Morgan fingerprint density at radius 3 is 2.65 bits per heavy atom. The molecule has 0 saturated carbocycles. The SMILES string of the molecule is CC(C)(CC(=O)O)NC(=O)[C@@H]1Cc2ccccc2CN1. The second-order valence-electron chi connectivity index (χ2n) is 5.85. The van der Waals surface area contributed by atoms with Crippen molar-refractivity contribution in [3.05, 3.63) is 35.4 Å². The molecule has 0 saturated heterocycles. The van der Waals surface area contributed by atoms with E-state index in [0.29, 0.717) is 13.0 Å². The molecule has 0 radical (unpaired) electrons. The summed E-state index contributed by atoms with van der Waals surface area (Å²) in [7, 11) is 0. The monoisotopic (exact) mass is 276 g/mol. The van der Waals surface area contributed by atoms with Gasteiger partial charge in [-0.25, -0.2) is 0 Å². The fourth-order valence-corrected chi connectivity index (χ4v) is 2.48. The average Bonchev–Trinajstić information content (AvgIpc) is 2.36. The first kappa shape index (κ1) is 14.5. The van der Waals surface area contributed by atoms with E-state index in [0.717, 1.165) is 0 Å². The maximum Gasteiger partial charge on any atom is 0.305 e. The smallest absolute Gasteiger partial charge is 0.305 e. The van der Waals surface area contributed by atoms with Crippen LogP contribution in [-0.4, -0.2) is 28.6 Å². The van der Waals surface area contributed by atoms with E-state index in [9.17, 15) is 9.59 Å². The van der Waals surface area contributed by atoms with Gasteiger partial charge in [0.25, 0.3) is 0 Å². The zero-order valence-electron chi connectivity index (χ0n) is 11.8. The largest absolute Gasteiger partial charge is 0.481 e. The van der Waals surface area contributed by atoms with Crippen LogP contribution in [0.4, 0.5) is 0 Å². The third-order valence-electron chi connectivity index (χ3n) is 3.45. The number of carboxylic acid groups (broad SMARTS) is 1. The van der Waals surface area contributed by atoms with Crippen molar-refractivity contribution in [2.24, 2.45) is 0 Å². The van der Waals surface area contributed by atoms with Crippen molar-refractivity contribution in [2.75, 3.05) is 0 Å². The molecular weight excluding hydrogens is 256 g/mol. The zero-order valence-corrected chi connectivity index (χ0v) is 11.8. The molecule has 0 fully saturated rings. The quantitative estimate of drug-likeness (QED) is 0.768. The minimum Gasteiger partial charge on any atom is -0.481 e. The van der Waals surface area contributed by atoms with Crippen LogP contribution in [0, 0.1) is 0 Å². The molecule has 3 N–H and O–H groups in total. The Labute approximate surface area is 118 Å². The molecule has 2 rings (SSSR count). The Kier molecular flexibility index (Phi) is 4.09. The lowest BCUT2D eigenvalue weighted by molar-refractivity contribution is -0.138. The number of amides is 1. The van der Waals surface area contributed by atoms with E-state index in [4.69, 9.17) is 5.11 Å². The van der Waals surface area contributed by atoms with Gasteiger partial charge in [0.1, 0.15) is 0 Å². The summed E-state index contributed by atoms with van der Waals surface area (Å²) in [4.78, 5) is 23.0. The lowest BCUT2D eigenvalue weighted by Gasteiger charge is -2.30. The number of hydrogen-bond donors (Lipinski definition) is 3. The van der Waals surface area contributed by atoms with Crippen molar-refractivity contribution in [3.8, 4) is 0 Å². The lowest BCUT2D eigenvalue weighted by atomic mass is 9.94. The molecule has 0 spiro atoms. The molecule has 108 valence electrons. The van der Waals surface area contributed by atoms with E-state index in [-0.39, 0.29) is 18.4 Å². The van der Waals surface area contributed by atoms with Crippen LogP contribution in [-0.2, 0) is 22.6 Å². The molecule has 1 aliphatic heterocycles. The molecule has 5 nitrogen and oxygen atoms in total. The Hall–Kier alpha value is -1.88. The second-order valence-corrected chi connectivity index (χ2v) is 5.85. The zero-order chi connectivity index (χ0) is 14.8. The van der Waals surface area contributed by atoms with Crippen molar-refractivity contribution in [2.45, 2.75) is 44.8 Å². The van der Waals surface area contributed by atoms with Crippen molar-refractivity contribution in [1.29, 1.82) is 0 Å². The van der Waals surface area contributed by atoms with Crippen LogP contribution in [0.25, 0.3) is 0 Å². The first-order valence-electron chi connectivity index (χ1n) is 6.71. The molecular formula is C15H20N2O3. The highest BCUT2D eigenvalue weighted by Crippen LogP contribution is 2.17. The Balaban J connectivity index is 2.00. The fraction of sp³-hybridized carbons (Fsp3) is 0.467. The van der Waals surface area contributed by atoms with Gasteiger partial charge in [-0.3, -0.25) is 9.59 Å². The van der Waals surface area contributed by atoms with Crippen LogP contribution in [0.2, 0.25) is 0 Å². The van der Waals surface area contributed by atoms with Gasteiger partial charge >= 0.3 is 5.97 Å². The number of rotatable bonds is 4.